The molecule has 0 radical (unpaired) electrons. The number of alkyl halides is 3. The number of alkyl carbamates (subject to hydrolysis) is 1. The summed E-state index contributed by atoms with van der Waals surface area (Å²) in [6, 6.07) is 1.98. The summed E-state index contributed by atoms with van der Waals surface area (Å²) in [4.78, 5) is 51.0. The first kappa shape index (κ1) is 34.2. The van der Waals surface area contributed by atoms with Crippen LogP contribution in [0, 0.1) is 29.1 Å². The number of aryl methyl sites for hydroxylation is 1. The van der Waals surface area contributed by atoms with E-state index in [1.165, 1.54) is 7.11 Å². The van der Waals surface area contributed by atoms with Crippen molar-refractivity contribution in [1.82, 2.24) is 20.2 Å². The smallest absolute Gasteiger partial charge is 0.408 e. The number of ketones is 1. The fourth-order valence-electron chi connectivity index (χ4n) is 8.48. The first-order valence-corrected chi connectivity index (χ1v) is 17.0. The maximum absolute atomic E-state index is 14.9. The predicted molar refractivity (Wildman–Crippen MR) is 169 cm³/mol. The number of nitrogens with zero attached hydrogens (tertiary/aromatic N) is 3. The van der Waals surface area contributed by atoms with Gasteiger partial charge in [0.2, 0.25) is 11.8 Å². The summed E-state index contributed by atoms with van der Waals surface area (Å²) < 4.78 is 62.2. The van der Waals surface area contributed by atoms with E-state index in [0.717, 1.165) is 50.3 Å². The summed E-state index contributed by atoms with van der Waals surface area (Å²) in [5.41, 5.74) is 0.420. The fourth-order valence-corrected chi connectivity index (χ4v) is 8.48. The van der Waals surface area contributed by atoms with Gasteiger partial charge in [0.25, 0.3) is 0 Å². The van der Waals surface area contributed by atoms with Crippen LogP contribution >= 0.6 is 0 Å². The maximum Gasteiger partial charge on any atom is 0.408 e. The van der Waals surface area contributed by atoms with Gasteiger partial charge in [-0.3, -0.25) is 9.59 Å². The van der Waals surface area contributed by atoms with E-state index < -0.39 is 60.0 Å². The highest BCUT2D eigenvalue weighted by Crippen LogP contribution is 2.52. The SMILES string of the molecule is COc1ccc2nc3c(nc2c1)O[C@H]1CN(C(=O)[C@H](C(C)(C)C)NC(=O)O[C@@H]2[C@H]4CC[C@H](C4)[C@H]2CCCCC3)[C@H](C(C)=O)[C@@H]1C(F)(F)F. The molecule has 0 spiro atoms. The molecule has 2 aliphatic heterocycles. The van der Waals surface area contributed by atoms with Gasteiger partial charge < -0.3 is 24.4 Å². The molecule has 4 bridgehead atoms. The second kappa shape index (κ2) is 13.0. The predicted octanol–water partition coefficient (Wildman–Crippen LogP) is 6.04. The Labute approximate surface area is 278 Å². The van der Waals surface area contributed by atoms with Gasteiger partial charge in [-0.25, -0.2) is 14.8 Å². The molecule has 4 aliphatic rings. The van der Waals surface area contributed by atoms with E-state index in [2.05, 4.69) is 10.3 Å². The van der Waals surface area contributed by atoms with Crippen molar-refractivity contribution in [3.8, 4) is 11.6 Å². The van der Waals surface area contributed by atoms with Crippen LogP contribution in [-0.4, -0.2) is 76.8 Å². The summed E-state index contributed by atoms with van der Waals surface area (Å²) in [7, 11) is 1.50. The molecule has 1 aromatic carbocycles. The molecule has 8 atom stereocenters. The molecule has 1 aromatic heterocycles. The molecular formula is C35H45F3N4O6. The highest BCUT2D eigenvalue weighted by Gasteiger charge is 2.61. The van der Waals surface area contributed by atoms with Gasteiger partial charge in [-0.05, 0) is 80.8 Å². The fraction of sp³-hybridized carbons (Fsp3) is 0.686. The number of hydrogen-bond donors (Lipinski definition) is 1. The number of methoxy groups -OCH3 is 1. The molecule has 262 valence electrons. The zero-order valence-electron chi connectivity index (χ0n) is 28.1. The molecular weight excluding hydrogens is 629 g/mol. The van der Waals surface area contributed by atoms with E-state index in [0.29, 0.717) is 41.2 Å². The number of amides is 2. The number of carbonyl (C=O) groups excluding carboxylic acids is 3. The summed E-state index contributed by atoms with van der Waals surface area (Å²) in [5.74, 6) is -2.61. The largest absolute Gasteiger partial charge is 0.497 e. The normalized spacial score (nSPS) is 31.6. The van der Waals surface area contributed by atoms with Gasteiger partial charge >= 0.3 is 12.3 Å². The van der Waals surface area contributed by atoms with Crippen molar-refractivity contribution in [2.75, 3.05) is 13.7 Å². The van der Waals surface area contributed by atoms with Crippen molar-refractivity contribution in [3.05, 3.63) is 23.9 Å². The van der Waals surface area contributed by atoms with Crippen molar-refractivity contribution in [3.63, 3.8) is 0 Å². The van der Waals surface area contributed by atoms with Crippen LogP contribution in [-0.2, 0) is 20.7 Å². The summed E-state index contributed by atoms with van der Waals surface area (Å²) >= 11 is 0. The summed E-state index contributed by atoms with van der Waals surface area (Å²) in [5, 5.41) is 2.71. The third-order valence-electron chi connectivity index (χ3n) is 10.8. The van der Waals surface area contributed by atoms with E-state index in [1.54, 1.807) is 39.0 Å². The number of halogens is 3. The van der Waals surface area contributed by atoms with Crippen LogP contribution < -0.4 is 14.8 Å². The minimum Gasteiger partial charge on any atom is -0.497 e. The van der Waals surface area contributed by atoms with Gasteiger partial charge in [-0.15, -0.1) is 0 Å². The number of ether oxygens (including phenoxy) is 3. The van der Waals surface area contributed by atoms with Gasteiger partial charge in [0.1, 0.15) is 41.7 Å². The average molecular weight is 675 g/mol. The van der Waals surface area contributed by atoms with E-state index >= 15 is 0 Å². The average Bonchev–Trinajstić information content (AvgIpc) is 3.72. The molecule has 3 heterocycles. The Kier molecular flexibility index (Phi) is 9.27. The molecule has 1 N–H and O–H groups in total. The van der Waals surface area contributed by atoms with Crippen molar-refractivity contribution in [1.29, 1.82) is 0 Å². The van der Waals surface area contributed by atoms with E-state index in [9.17, 15) is 27.6 Å². The lowest BCUT2D eigenvalue weighted by atomic mass is 9.82. The lowest BCUT2D eigenvalue weighted by Crippen LogP contribution is -2.58. The lowest BCUT2D eigenvalue weighted by Gasteiger charge is -2.36. The molecule has 0 unspecified atom stereocenters. The maximum atomic E-state index is 14.9. The number of aromatic nitrogens is 2. The second-order valence-corrected chi connectivity index (χ2v) is 15.0. The molecule has 10 nitrogen and oxygen atoms in total. The first-order chi connectivity index (χ1) is 22.7. The second-order valence-electron chi connectivity index (χ2n) is 15.0. The van der Waals surface area contributed by atoms with Crippen molar-refractivity contribution >= 4 is 28.8 Å². The zero-order chi connectivity index (χ0) is 34.5. The van der Waals surface area contributed by atoms with Crippen LogP contribution in [0.3, 0.4) is 0 Å². The molecule has 2 amide bonds. The zero-order valence-corrected chi connectivity index (χ0v) is 28.1. The Morgan fingerprint density at radius 1 is 1.00 bits per heavy atom. The molecule has 3 fully saturated rings. The van der Waals surface area contributed by atoms with Gasteiger partial charge in [0.15, 0.2) is 5.78 Å². The minimum atomic E-state index is -4.90. The number of rotatable bonds is 2. The highest BCUT2D eigenvalue weighted by molar-refractivity contribution is 5.92. The van der Waals surface area contributed by atoms with Gasteiger partial charge in [0.05, 0.1) is 24.7 Å². The number of nitrogens with one attached hydrogen (secondary N) is 1. The Bertz CT molecular complexity index is 1560. The quantitative estimate of drug-likeness (QED) is 0.410. The number of benzene rings is 1. The van der Waals surface area contributed by atoms with Gasteiger partial charge in [0, 0.05) is 6.07 Å². The molecule has 2 aromatic rings. The summed E-state index contributed by atoms with van der Waals surface area (Å²) in [6.45, 7) is 5.63. The van der Waals surface area contributed by atoms with E-state index in [-0.39, 0.29) is 23.8 Å². The Morgan fingerprint density at radius 2 is 1.75 bits per heavy atom. The molecule has 1 saturated heterocycles. The number of fused-ring (bicyclic) bond motifs is 9. The minimum absolute atomic E-state index is 0.0602. The highest BCUT2D eigenvalue weighted by atomic mass is 19.4. The van der Waals surface area contributed by atoms with E-state index in [4.69, 9.17) is 19.2 Å². The Balaban J connectivity index is 1.42. The lowest BCUT2D eigenvalue weighted by molar-refractivity contribution is -0.196. The van der Waals surface area contributed by atoms with Gasteiger partial charge in [-0.2, -0.15) is 13.2 Å². The molecule has 6 rings (SSSR count). The van der Waals surface area contributed by atoms with Crippen LogP contribution in [0.2, 0.25) is 0 Å². The topological polar surface area (TPSA) is 120 Å². The van der Waals surface area contributed by atoms with Crippen LogP contribution in [0.15, 0.2) is 18.2 Å². The molecule has 2 saturated carbocycles. The van der Waals surface area contributed by atoms with Crippen LogP contribution in [0.25, 0.3) is 11.0 Å². The van der Waals surface area contributed by atoms with Crippen molar-refractivity contribution < 1.29 is 41.8 Å². The third-order valence-corrected chi connectivity index (χ3v) is 10.8. The van der Waals surface area contributed by atoms with Crippen LogP contribution in [0.5, 0.6) is 11.6 Å². The molecule has 48 heavy (non-hydrogen) atoms. The third kappa shape index (κ3) is 6.65. The molecule has 2 aliphatic carbocycles. The number of hydrogen-bond acceptors (Lipinski definition) is 8. The summed E-state index contributed by atoms with van der Waals surface area (Å²) in [6.07, 6.45) is -0.805. The van der Waals surface area contributed by atoms with Gasteiger partial charge in [-0.1, -0.05) is 33.6 Å². The van der Waals surface area contributed by atoms with E-state index in [1.807, 2.05) is 0 Å². The Hall–Kier alpha value is -3.64. The molecule has 13 heteroatoms. The Morgan fingerprint density at radius 3 is 2.44 bits per heavy atom. The monoisotopic (exact) mass is 674 g/mol. The number of Topliss-reactive ketones (excluding diaryl/α,β-unsaturated/α-hetero) is 1. The first-order valence-electron chi connectivity index (χ1n) is 17.0. The van der Waals surface area contributed by atoms with Crippen molar-refractivity contribution in [2.45, 2.75) is 110 Å². The standard InChI is InChI=1S/C35H45F3N4O6/c1-18(43)28-27(35(36,37)38)26-17-42(28)32(44)30(34(2,3)4)41-33(45)48-29-20-12-11-19(15-20)22(29)9-7-6-8-10-24-31(47-26)40-25-16-21(46-5)13-14-23(25)39-24/h13-14,16,19-20,22,26-30H,6-12,15,17H2,1-5H3,(H,41,45)/t19-,20+,22-,26+,27-,28-,29-,30-/m1/s1. The van der Waals surface area contributed by atoms with Crippen LogP contribution in [0.4, 0.5) is 18.0 Å². The van der Waals surface area contributed by atoms with Crippen molar-refractivity contribution in [2.24, 2.45) is 29.1 Å². The number of carbonyl (C=O) groups is 3. The van der Waals surface area contributed by atoms with Crippen LogP contribution in [0.1, 0.15) is 78.3 Å².